The molecule has 0 radical (unpaired) electrons. The molecule has 2 aliphatic rings. The fourth-order valence-electron chi connectivity index (χ4n) is 4.98. The quantitative estimate of drug-likeness (QED) is 0.688. The SMILES string of the molecule is CCc1cc2c(cc3n2CC(C)(C(=O)NC2CCCCCC2)N(CCN(C)C)C3=O)s1. The number of aromatic nitrogens is 1. The number of rotatable bonds is 6. The maximum absolute atomic E-state index is 13.7. The van der Waals surface area contributed by atoms with Gasteiger partial charge in [0, 0.05) is 24.0 Å². The van der Waals surface area contributed by atoms with Gasteiger partial charge in [-0.15, -0.1) is 11.3 Å². The van der Waals surface area contributed by atoms with Gasteiger partial charge in [0.1, 0.15) is 11.2 Å². The Morgan fingerprint density at radius 2 is 1.94 bits per heavy atom. The van der Waals surface area contributed by atoms with Gasteiger partial charge in [0.25, 0.3) is 5.91 Å². The lowest BCUT2D eigenvalue weighted by atomic mass is 9.93. The molecule has 1 atom stereocenters. The molecule has 7 heteroatoms. The largest absolute Gasteiger partial charge is 0.351 e. The Morgan fingerprint density at radius 3 is 2.58 bits per heavy atom. The number of nitrogens with one attached hydrogen (secondary N) is 1. The summed E-state index contributed by atoms with van der Waals surface area (Å²) in [6, 6.07) is 4.43. The van der Waals surface area contributed by atoms with E-state index in [2.05, 4.69) is 27.8 Å². The Morgan fingerprint density at radius 1 is 1.23 bits per heavy atom. The molecule has 0 aromatic carbocycles. The van der Waals surface area contributed by atoms with Gasteiger partial charge in [0.15, 0.2) is 0 Å². The highest BCUT2D eigenvalue weighted by molar-refractivity contribution is 7.19. The van der Waals surface area contributed by atoms with Crippen molar-refractivity contribution in [2.45, 2.75) is 76.9 Å². The highest BCUT2D eigenvalue weighted by atomic mass is 32.1. The third kappa shape index (κ3) is 4.27. The van der Waals surface area contributed by atoms with Crippen LogP contribution in [-0.4, -0.2) is 64.9 Å². The molecule has 1 saturated carbocycles. The van der Waals surface area contributed by atoms with Gasteiger partial charge in [-0.2, -0.15) is 0 Å². The molecule has 0 spiro atoms. The predicted octanol–water partition coefficient (Wildman–Crippen LogP) is 3.88. The van der Waals surface area contributed by atoms with E-state index in [0.29, 0.717) is 18.8 Å². The van der Waals surface area contributed by atoms with Crippen LogP contribution in [-0.2, 0) is 17.8 Å². The summed E-state index contributed by atoms with van der Waals surface area (Å²) in [4.78, 5) is 32.5. The molecule has 0 bridgehead atoms. The van der Waals surface area contributed by atoms with E-state index < -0.39 is 5.54 Å². The number of thiophene rings is 1. The molecule has 6 nitrogen and oxygen atoms in total. The van der Waals surface area contributed by atoms with Gasteiger partial charge in [-0.1, -0.05) is 32.6 Å². The first-order valence-corrected chi connectivity index (χ1v) is 12.5. The van der Waals surface area contributed by atoms with Gasteiger partial charge in [0.2, 0.25) is 5.91 Å². The van der Waals surface area contributed by atoms with Gasteiger partial charge < -0.3 is 19.7 Å². The molecule has 1 unspecified atom stereocenters. The van der Waals surface area contributed by atoms with Gasteiger partial charge in [-0.3, -0.25) is 9.59 Å². The molecule has 2 amide bonds. The van der Waals surface area contributed by atoms with E-state index in [9.17, 15) is 9.59 Å². The second kappa shape index (κ2) is 8.94. The summed E-state index contributed by atoms with van der Waals surface area (Å²) in [7, 11) is 4.00. The van der Waals surface area contributed by atoms with Gasteiger partial charge in [-0.25, -0.2) is 0 Å². The zero-order valence-corrected chi connectivity index (χ0v) is 20.2. The van der Waals surface area contributed by atoms with Crippen LogP contribution in [0.5, 0.6) is 0 Å². The van der Waals surface area contributed by atoms with E-state index in [1.165, 1.54) is 30.6 Å². The average molecular weight is 445 g/mol. The molecule has 31 heavy (non-hydrogen) atoms. The van der Waals surface area contributed by atoms with Crippen LogP contribution in [0.2, 0.25) is 0 Å². The van der Waals surface area contributed by atoms with Crippen molar-refractivity contribution in [2.75, 3.05) is 27.2 Å². The zero-order valence-electron chi connectivity index (χ0n) is 19.4. The molecule has 2 aromatic heterocycles. The maximum Gasteiger partial charge on any atom is 0.271 e. The number of likely N-dealkylation sites (N-methyl/N-ethyl adjacent to an activating group) is 1. The summed E-state index contributed by atoms with van der Waals surface area (Å²) in [5, 5.41) is 3.34. The molecule has 170 valence electrons. The first-order chi connectivity index (χ1) is 14.8. The van der Waals surface area contributed by atoms with Crippen molar-refractivity contribution in [3.05, 3.63) is 22.7 Å². The Balaban J connectivity index is 1.68. The second-order valence-electron chi connectivity index (χ2n) is 9.63. The van der Waals surface area contributed by atoms with E-state index in [4.69, 9.17) is 0 Å². The van der Waals surface area contributed by atoms with Crippen LogP contribution in [0.1, 0.15) is 67.7 Å². The van der Waals surface area contributed by atoms with Crippen molar-refractivity contribution in [1.82, 2.24) is 19.7 Å². The number of fused-ring (bicyclic) bond motifs is 3. The number of carbonyl (C=O) groups excluding carboxylic acids is 2. The van der Waals surface area contributed by atoms with Crippen LogP contribution in [0.4, 0.5) is 0 Å². The predicted molar refractivity (Wildman–Crippen MR) is 127 cm³/mol. The van der Waals surface area contributed by atoms with Crippen molar-refractivity contribution >= 4 is 33.4 Å². The number of aryl methyl sites for hydroxylation is 1. The molecular formula is C24H36N4O2S. The summed E-state index contributed by atoms with van der Waals surface area (Å²) in [5.74, 6) is -0.0435. The standard InChI is InChI=1S/C24H36N4O2S/c1-5-18-14-19-21(31-18)15-20-22(29)28(13-12-26(3)4)24(2,16-27(19)20)23(30)25-17-10-8-6-7-9-11-17/h14-15,17H,5-13,16H2,1-4H3,(H,25,30). The summed E-state index contributed by atoms with van der Waals surface area (Å²) < 4.78 is 3.23. The van der Waals surface area contributed by atoms with Crippen molar-refractivity contribution in [1.29, 1.82) is 0 Å². The normalized spacial score (nSPS) is 22.7. The van der Waals surface area contributed by atoms with Crippen molar-refractivity contribution < 1.29 is 9.59 Å². The van der Waals surface area contributed by atoms with E-state index in [1.54, 1.807) is 11.3 Å². The lowest BCUT2D eigenvalue weighted by molar-refractivity contribution is -0.133. The highest BCUT2D eigenvalue weighted by Crippen LogP contribution is 2.36. The van der Waals surface area contributed by atoms with Crippen LogP contribution in [0, 0.1) is 0 Å². The summed E-state index contributed by atoms with van der Waals surface area (Å²) >= 11 is 1.75. The van der Waals surface area contributed by atoms with E-state index in [-0.39, 0.29) is 17.9 Å². The average Bonchev–Trinajstić information content (AvgIpc) is 3.16. The Bertz CT molecular complexity index is 954. The monoisotopic (exact) mass is 444 g/mol. The lowest BCUT2D eigenvalue weighted by Crippen LogP contribution is -2.65. The number of carbonyl (C=O) groups is 2. The third-order valence-corrected chi connectivity index (χ3v) is 8.18. The number of nitrogens with zero attached hydrogens (tertiary/aromatic N) is 3. The molecule has 4 rings (SSSR count). The second-order valence-corrected chi connectivity index (χ2v) is 10.8. The summed E-state index contributed by atoms with van der Waals surface area (Å²) in [6.07, 6.45) is 7.90. The first kappa shape index (κ1) is 22.3. The Hall–Kier alpha value is -1.86. The maximum atomic E-state index is 13.7. The molecule has 2 aromatic rings. The fraction of sp³-hybridized carbons (Fsp3) is 0.667. The van der Waals surface area contributed by atoms with Crippen LogP contribution in [0.3, 0.4) is 0 Å². The highest BCUT2D eigenvalue weighted by Gasteiger charge is 2.48. The van der Waals surface area contributed by atoms with Crippen molar-refractivity contribution in [3.63, 3.8) is 0 Å². The molecule has 3 heterocycles. The third-order valence-electron chi connectivity index (χ3n) is 6.97. The van der Waals surface area contributed by atoms with Crippen molar-refractivity contribution in [3.8, 4) is 0 Å². The number of hydrogen-bond acceptors (Lipinski definition) is 4. The minimum absolute atomic E-state index is 0.00930. The minimum atomic E-state index is -0.896. The van der Waals surface area contributed by atoms with Gasteiger partial charge in [-0.05, 0) is 52.4 Å². The smallest absolute Gasteiger partial charge is 0.271 e. The van der Waals surface area contributed by atoms with Crippen LogP contribution >= 0.6 is 11.3 Å². The molecule has 1 N–H and O–H groups in total. The van der Waals surface area contributed by atoms with E-state index in [1.807, 2.05) is 32.0 Å². The topological polar surface area (TPSA) is 57.6 Å². The van der Waals surface area contributed by atoms with E-state index in [0.717, 1.165) is 36.0 Å². The summed E-state index contributed by atoms with van der Waals surface area (Å²) in [6.45, 7) is 5.88. The molecule has 1 fully saturated rings. The molecule has 0 saturated heterocycles. The van der Waals surface area contributed by atoms with Crippen LogP contribution < -0.4 is 5.32 Å². The van der Waals surface area contributed by atoms with Gasteiger partial charge in [0.05, 0.1) is 16.8 Å². The first-order valence-electron chi connectivity index (χ1n) is 11.7. The van der Waals surface area contributed by atoms with Crippen molar-refractivity contribution in [2.24, 2.45) is 0 Å². The van der Waals surface area contributed by atoms with Crippen LogP contribution in [0.25, 0.3) is 10.2 Å². The Labute approximate surface area is 189 Å². The lowest BCUT2D eigenvalue weighted by Gasteiger charge is -2.45. The van der Waals surface area contributed by atoms with Crippen LogP contribution in [0.15, 0.2) is 12.1 Å². The number of hydrogen-bond donors (Lipinski definition) is 1. The zero-order chi connectivity index (χ0) is 22.2. The molecule has 1 aliphatic carbocycles. The Kier molecular flexibility index (Phi) is 6.44. The van der Waals surface area contributed by atoms with Gasteiger partial charge >= 0.3 is 0 Å². The molecule has 1 aliphatic heterocycles. The number of amides is 2. The fourth-order valence-corrected chi connectivity index (χ4v) is 6.02. The summed E-state index contributed by atoms with van der Waals surface area (Å²) in [5.41, 5.74) is 0.903. The molecular weight excluding hydrogens is 408 g/mol. The van der Waals surface area contributed by atoms with E-state index >= 15 is 0 Å². The minimum Gasteiger partial charge on any atom is -0.351 e.